The average Bonchev–Trinajstić information content (AvgIpc) is 2.52. The highest BCUT2D eigenvalue weighted by molar-refractivity contribution is 6.04. The van der Waals surface area contributed by atoms with Gasteiger partial charge in [0.1, 0.15) is 5.82 Å². The molecule has 2 aromatic carbocycles. The standard InChI is InChI=1S/C17H16F3NO3/c1-3-23-15-9-11(5-7-14(15)24-17(19)20)16(22)21-13-8-10(2)4-6-12(13)18/h4-9,17H,3H2,1-2H3,(H,21,22). The van der Waals surface area contributed by atoms with E-state index in [2.05, 4.69) is 10.1 Å². The van der Waals surface area contributed by atoms with Gasteiger partial charge >= 0.3 is 6.61 Å². The second-order valence-corrected chi connectivity index (χ2v) is 4.91. The van der Waals surface area contributed by atoms with Gasteiger partial charge in [-0.2, -0.15) is 8.78 Å². The Morgan fingerprint density at radius 1 is 1.17 bits per heavy atom. The molecule has 1 amide bonds. The largest absolute Gasteiger partial charge is 0.490 e. The number of halogens is 3. The van der Waals surface area contributed by atoms with Gasteiger partial charge in [-0.05, 0) is 49.7 Å². The first-order valence-corrected chi connectivity index (χ1v) is 7.20. The first-order valence-electron chi connectivity index (χ1n) is 7.20. The minimum atomic E-state index is -3.01. The van der Waals surface area contributed by atoms with Crippen molar-refractivity contribution < 1.29 is 27.4 Å². The lowest BCUT2D eigenvalue weighted by Crippen LogP contribution is -2.14. The van der Waals surface area contributed by atoms with E-state index in [1.807, 2.05) is 0 Å². The molecule has 0 fully saturated rings. The number of benzene rings is 2. The number of carbonyl (C=O) groups is 1. The number of hydrogen-bond acceptors (Lipinski definition) is 3. The van der Waals surface area contributed by atoms with E-state index in [-0.39, 0.29) is 29.4 Å². The summed E-state index contributed by atoms with van der Waals surface area (Å²) in [5, 5.41) is 2.44. The third-order valence-electron chi connectivity index (χ3n) is 3.09. The van der Waals surface area contributed by atoms with Crippen LogP contribution in [0.1, 0.15) is 22.8 Å². The topological polar surface area (TPSA) is 47.6 Å². The Hall–Kier alpha value is -2.70. The third kappa shape index (κ3) is 4.41. The number of alkyl halides is 2. The summed E-state index contributed by atoms with van der Waals surface area (Å²) in [5.41, 5.74) is 0.939. The van der Waals surface area contributed by atoms with Crippen molar-refractivity contribution in [2.24, 2.45) is 0 Å². The van der Waals surface area contributed by atoms with Crippen LogP contribution in [-0.4, -0.2) is 19.1 Å². The van der Waals surface area contributed by atoms with Crippen LogP contribution in [0.5, 0.6) is 11.5 Å². The molecule has 0 unspecified atom stereocenters. The molecule has 1 N–H and O–H groups in total. The molecule has 0 aliphatic rings. The van der Waals surface area contributed by atoms with Gasteiger partial charge in [-0.15, -0.1) is 0 Å². The zero-order valence-corrected chi connectivity index (χ0v) is 13.1. The smallest absolute Gasteiger partial charge is 0.387 e. The Balaban J connectivity index is 2.25. The summed E-state index contributed by atoms with van der Waals surface area (Å²) in [6.45, 7) is 0.627. The molecule has 128 valence electrons. The second kappa shape index (κ2) is 7.72. The Morgan fingerprint density at radius 2 is 1.92 bits per heavy atom. The highest BCUT2D eigenvalue weighted by Crippen LogP contribution is 2.30. The lowest BCUT2D eigenvalue weighted by molar-refractivity contribution is -0.0514. The van der Waals surface area contributed by atoms with Gasteiger partial charge in [0.25, 0.3) is 5.91 Å². The monoisotopic (exact) mass is 339 g/mol. The third-order valence-corrected chi connectivity index (χ3v) is 3.09. The van der Waals surface area contributed by atoms with Crippen LogP contribution in [0.25, 0.3) is 0 Å². The molecule has 0 saturated heterocycles. The van der Waals surface area contributed by atoms with Gasteiger partial charge < -0.3 is 14.8 Å². The molecule has 0 aliphatic carbocycles. The number of anilines is 1. The van der Waals surface area contributed by atoms with Gasteiger partial charge in [0, 0.05) is 5.56 Å². The Kier molecular flexibility index (Phi) is 5.68. The molecule has 4 nitrogen and oxygen atoms in total. The van der Waals surface area contributed by atoms with Gasteiger partial charge in [-0.3, -0.25) is 4.79 Å². The molecule has 2 rings (SSSR count). The van der Waals surface area contributed by atoms with E-state index in [4.69, 9.17) is 4.74 Å². The van der Waals surface area contributed by atoms with Crippen molar-refractivity contribution in [2.75, 3.05) is 11.9 Å². The number of nitrogens with one attached hydrogen (secondary N) is 1. The van der Waals surface area contributed by atoms with E-state index < -0.39 is 18.3 Å². The summed E-state index contributed by atoms with van der Waals surface area (Å²) in [4.78, 5) is 12.2. The van der Waals surface area contributed by atoms with Crippen molar-refractivity contribution in [1.29, 1.82) is 0 Å². The van der Waals surface area contributed by atoms with E-state index in [9.17, 15) is 18.0 Å². The predicted molar refractivity (Wildman–Crippen MR) is 83.3 cm³/mol. The highest BCUT2D eigenvalue weighted by Gasteiger charge is 2.15. The number of ether oxygens (including phenoxy) is 2. The van der Waals surface area contributed by atoms with E-state index in [1.54, 1.807) is 19.9 Å². The first kappa shape index (κ1) is 17.7. The van der Waals surface area contributed by atoms with Crippen molar-refractivity contribution >= 4 is 11.6 Å². The molecular weight excluding hydrogens is 323 g/mol. The molecule has 0 bridgehead atoms. The minimum Gasteiger partial charge on any atom is -0.490 e. The van der Waals surface area contributed by atoms with Crippen molar-refractivity contribution in [2.45, 2.75) is 20.5 Å². The van der Waals surface area contributed by atoms with Crippen molar-refractivity contribution in [3.8, 4) is 11.5 Å². The van der Waals surface area contributed by atoms with Crippen molar-refractivity contribution in [3.63, 3.8) is 0 Å². The van der Waals surface area contributed by atoms with Crippen LogP contribution in [0, 0.1) is 12.7 Å². The summed E-state index contributed by atoms with van der Waals surface area (Å²) >= 11 is 0. The summed E-state index contributed by atoms with van der Waals surface area (Å²) in [5.74, 6) is -1.33. The molecular formula is C17H16F3NO3. The second-order valence-electron chi connectivity index (χ2n) is 4.91. The summed E-state index contributed by atoms with van der Waals surface area (Å²) < 4.78 is 48.0. The lowest BCUT2D eigenvalue weighted by Gasteiger charge is -2.13. The van der Waals surface area contributed by atoms with E-state index in [0.29, 0.717) is 0 Å². The van der Waals surface area contributed by atoms with Gasteiger partial charge in [-0.25, -0.2) is 4.39 Å². The van der Waals surface area contributed by atoms with Gasteiger partial charge in [0.15, 0.2) is 11.5 Å². The van der Waals surface area contributed by atoms with Crippen molar-refractivity contribution in [3.05, 3.63) is 53.3 Å². The highest BCUT2D eigenvalue weighted by atomic mass is 19.3. The molecule has 0 radical (unpaired) electrons. The summed E-state index contributed by atoms with van der Waals surface area (Å²) in [6, 6.07) is 8.09. The minimum absolute atomic E-state index is 0.00941. The maximum Gasteiger partial charge on any atom is 0.387 e. The first-order chi connectivity index (χ1) is 11.4. The van der Waals surface area contributed by atoms with Crippen LogP contribution >= 0.6 is 0 Å². The molecule has 0 spiro atoms. The van der Waals surface area contributed by atoms with Crippen LogP contribution in [0.3, 0.4) is 0 Å². The predicted octanol–water partition coefficient (Wildman–Crippen LogP) is 4.39. The number of amides is 1. The molecule has 0 aliphatic heterocycles. The van der Waals surface area contributed by atoms with Crippen LogP contribution in [-0.2, 0) is 0 Å². The maximum absolute atomic E-state index is 13.7. The fourth-order valence-corrected chi connectivity index (χ4v) is 2.04. The molecule has 24 heavy (non-hydrogen) atoms. The normalized spacial score (nSPS) is 10.6. The van der Waals surface area contributed by atoms with E-state index >= 15 is 0 Å². The van der Waals surface area contributed by atoms with Crippen LogP contribution in [0.15, 0.2) is 36.4 Å². The van der Waals surface area contributed by atoms with Crippen LogP contribution in [0.4, 0.5) is 18.9 Å². The zero-order valence-electron chi connectivity index (χ0n) is 13.1. The SMILES string of the molecule is CCOc1cc(C(=O)Nc2cc(C)ccc2F)ccc1OC(F)F. The summed E-state index contributed by atoms with van der Waals surface area (Å²) in [6.07, 6.45) is 0. The average molecular weight is 339 g/mol. The maximum atomic E-state index is 13.7. The Morgan fingerprint density at radius 3 is 2.58 bits per heavy atom. The fourth-order valence-electron chi connectivity index (χ4n) is 2.04. The van der Waals surface area contributed by atoms with Gasteiger partial charge in [0.2, 0.25) is 0 Å². The molecule has 0 aromatic heterocycles. The number of aryl methyl sites for hydroxylation is 1. The molecule has 0 atom stereocenters. The quantitative estimate of drug-likeness (QED) is 0.849. The number of hydrogen-bond donors (Lipinski definition) is 1. The van der Waals surface area contributed by atoms with Crippen LogP contribution < -0.4 is 14.8 Å². The zero-order chi connectivity index (χ0) is 17.7. The molecule has 0 heterocycles. The number of rotatable bonds is 6. The molecule has 2 aromatic rings. The molecule has 7 heteroatoms. The van der Waals surface area contributed by atoms with E-state index in [0.717, 1.165) is 5.56 Å². The number of carbonyl (C=O) groups excluding carboxylic acids is 1. The summed E-state index contributed by atoms with van der Waals surface area (Å²) in [7, 11) is 0. The Bertz CT molecular complexity index is 735. The lowest BCUT2D eigenvalue weighted by atomic mass is 10.1. The van der Waals surface area contributed by atoms with E-state index in [1.165, 1.54) is 30.3 Å². The van der Waals surface area contributed by atoms with Gasteiger partial charge in [0.05, 0.1) is 12.3 Å². The molecule has 0 saturated carbocycles. The van der Waals surface area contributed by atoms with Crippen molar-refractivity contribution in [1.82, 2.24) is 0 Å². The van der Waals surface area contributed by atoms with Crippen LogP contribution in [0.2, 0.25) is 0 Å². The Labute approximate surface area is 137 Å². The van der Waals surface area contributed by atoms with Gasteiger partial charge in [-0.1, -0.05) is 6.07 Å². The fraction of sp³-hybridized carbons (Fsp3) is 0.235.